The predicted molar refractivity (Wildman–Crippen MR) is 64.2 cm³/mol. The maximum atomic E-state index is 9.40. The van der Waals surface area contributed by atoms with Crippen molar-refractivity contribution >= 4 is 11.0 Å². The Kier molecular flexibility index (Phi) is 2.95. The minimum Gasteiger partial charge on any atom is -0.508 e. The van der Waals surface area contributed by atoms with Crippen molar-refractivity contribution in [1.82, 2.24) is 4.58 Å². The second-order valence-electron chi connectivity index (χ2n) is 3.67. The highest BCUT2D eigenvalue weighted by molar-refractivity contribution is 5.77. The molecule has 0 fully saturated rings. The molecule has 0 aliphatic carbocycles. The molecule has 3 heteroatoms. The average molecular weight is 218 g/mol. The van der Waals surface area contributed by atoms with Gasteiger partial charge in [-0.15, -0.1) is 0 Å². The first kappa shape index (κ1) is 10.7. The van der Waals surface area contributed by atoms with Crippen molar-refractivity contribution in [2.45, 2.75) is 13.8 Å². The summed E-state index contributed by atoms with van der Waals surface area (Å²) in [4.78, 5) is 0. The molecule has 0 atom stereocenters. The lowest BCUT2D eigenvalue weighted by atomic mass is 10.2. The van der Waals surface area contributed by atoms with Crippen LogP contribution in [0.5, 0.6) is 5.75 Å². The van der Waals surface area contributed by atoms with Crippen LogP contribution in [0.15, 0.2) is 34.7 Å². The van der Waals surface area contributed by atoms with E-state index in [2.05, 4.69) is 18.4 Å². The summed E-state index contributed by atoms with van der Waals surface area (Å²) in [5, 5.41) is 10.4. The molecule has 1 heterocycles. The fraction of sp³-hybridized carbons (Fsp3) is 0.308. The van der Waals surface area contributed by atoms with Crippen molar-refractivity contribution in [1.29, 1.82) is 0 Å². The molecule has 0 radical (unpaired) electrons. The fourth-order valence-corrected chi connectivity index (χ4v) is 1.76. The monoisotopic (exact) mass is 218 g/mol. The quantitative estimate of drug-likeness (QED) is 0.782. The third-order valence-electron chi connectivity index (χ3n) is 2.69. The standard InChI is InChI=1S/C13H15NO2/c1-3-14(4-2)13-8-6-10-5-7-11(15)9-12(10)16-13/h5-9H,3-4H2,1-2H3/p+1. The van der Waals surface area contributed by atoms with E-state index >= 15 is 0 Å². The molecule has 0 saturated heterocycles. The van der Waals surface area contributed by atoms with Crippen LogP contribution in [0.3, 0.4) is 0 Å². The molecular weight excluding hydrogens is 202 g/mol. The van der Waals surface area contributed by atoms with Crippen LogP contribution >= 0.6 is 0 Å². The number of hydrogen-bond donors (Lipinski definition) is 1. The summed E-state index contributed by atoms with van der Waals surface area (Å²) in [5.41, 5.74) is 1.55. The Morgan fingerprint density at radius 2 is 1.81 bits per heavy atom. The molecule has 84 valence electrons. The molecule has 2 aromatic rings. The van der Waals surface area contributed by atoms with E-state index in [4.69, 9.17) is 4.42 Å². The Morgan fingerprint density at radius 3 is 2.50 bits per heavy atom. The van der Waals surface area contributed by atoms with Crippen molar-refractivity contribution in [3.63, 3.8) is 0 Å². The molecular formula is C13H16NO2+. The zero-order chi connectivity index (χ0) is 11.5. The Hall–Kier alpha value is -1.77. The van der Waals surface area contributed by atoms with Gasteiger partial charge in [0.15, 0.2) is 0 Å². The number of nitrogens with zero attached hydrogens (tertiary/aromatic N) is 1. The van der Waals surface area contributed by atoms with E-state index < -0.39 is 0 Å². The van der Waals surface area contributed by atoms with Crippen molar-refractivity contribution in [3.8, 4) is 5.75 Å². The molecule has 16 heavy (non-hydrogen) atoms. The molecule has 0 amide bonds. The number of phenols is 1. The van der Waals surface area contributed by atoms with Gasteiger partial charge >= 0.3 is 5.55 Å². The number of phenolic OH excluding ortho intramolecular Hbond substituents is 1. The van der Waals surface area contributed by atoms with Crippen LogP contribution in [0.25, 0.3) is 11.0 Å². The molecule has 0 saturated carbocycles. The molecule has 1 aromatic heterocycles. The summed E-state index contributed by atoms with van der Waals surface area (Å²) >= 11 is 0. The first-order chi connectivity index (χ1) is 7.74. The Morgan fingerprint density at radius 1 is 1.12 bits per heavy atom. The van der Waals surface area contributed by atoms with Crippen LogP contribution < -0.4 is 10.1 Å². The van der Waals surface area contributed by atoms with Gasteiger partial charge in [-0.1, -0.05) is 0 Å². The van der Waals surface area contributed by atoms with Gasteiger partial charge in [-0.25, -0.2) is 0 Å². The number of hydrogen-bond acceptors (Lipinski definition) is 2. The van der Waals surface area contributed by atoms with Crippen LogP contribution in [0.1, 0.15) is 13.8 Å². The predicted octanol–water partition coefficient (Wildman–Crippen LogP) is 1.95. The SMILES string of the molecule is CC[N+](CC)=c1ccc2ccc(O)cc2o1. The van der Waals surface area contributed by atoms with Crippen LogP contribution in [0, 0.1) is 0 Å². The van der Waals surface area contributed by atoms with Gasteiger partial charge < -0.3 is 9.52 Å². The Balaban J connectivity index is 2.72. The van der Waals surface area contributed by atoms with Gasteiger partial charge in [0.2, 0.25) is 0 Å². The normalized spacial score (nSPS) is 10.6. The molecule has 0 unspecified atom stereocenters. The van der Waals surface area contributed by atoms with Crippen LogP contribution in [-0.2, 0) is 0 Å². The van der Waals surface area contributed by atoms with E-state index in [1.807, 2.05) is 18.2 Å². The fourth-order valence-electron chi connectivity index (χ4n) is 1.76. The smallest absolute Gasteiger partial charge is 0.367 e. The molecule has 0 aliphatic heterocycles. The summed E-state index contributed by atoms with van der Waals surface area (Å²) in [5.74, 6) is 0.230. The van der Waals surface area contributed by atoms with E-state index in [-0.39, 0.29) is 5.75 Å². The summed E-state index contributed by atoms with van der Waals surface area (Å²) in [6.07, 6.45) is 0. The molecule has 0 bridgehead atoms. The van der Waals surface area contributed by atoms with Gasteiger partial charge in [0, 0.05) is 11.5 Å². The maximum absolute atomic E-state index is 9.40. The summed E-state index contributed by atoms with van der Waals surface area (Å²) in [7, 11) is 0. The van der Waals surface area contributed by atoms with E-state index in [1.165, 1.54) is 0 Å². The van der Waals surface area contributed by atoms with Crippen molar-refractivity contribution in [2.24, 2.45) is 0 Å². The minimum atomic E-state index is 0.230. The van der Waals surface area contributed by atoms with Crippen molar-refractivity contribution in [2.75, 3.05) is 13.1 Å². The molecule has 1 aromatic carbocycles. The topological polar surface area (TPSA) is 36.4 Å². The lowest BCUT2D eigenvalue weighted by Gasteiger charge is -1.98. The van der Waals surface area contributed by atoms with Gasteiger partial charge in [0.1, 0.15) is 24.4 Å². The Labute approximate surface area is 94.3 Å². The molecule has 0 aliphatic rings. The van der Waals surface area contributed by atoms with Gasteiger partial charge in [0.25, 0.3) is 0 Å². The second-order valence-corrected chi connectivity index (χ2v) is 3.67. The van der Waals surface area contributed by atoms with E-state index in [1.54, 1.807) is 12.1 Å². The van der Waals surface area contributed by atoms with Crippen LogP contribution in [0.4, 0.5) is 0 Å². The Bertz CT molecular complexity index is 563. The largest absolute Gasteiger partial charge is 0.508 e. The third kappa shape index (κ3) is 1.94. The number of fused-ring (bicyclic) bond motifs is 1. The average Bonchev–Trinajstić information content (AvgIpc) is 2.30. The minimum absolute atomic E-state index is 0.230. The molecule has 3 nitrogen and oxygen atoms in total. The molecule has 0 spiro atoms. The first-order valence-corrected chi connectivity index (χ1v) is 5.55. The summed E-state index contributed by atoms with van der Waals surface area (Å²) in [6, 6.07) is 9.12. The zero-order valence-electron chi connectivity index (χ0n) is 9.60. The van der Waals surface area contributed by atoms with Gasteiger partial charge in [-0.05, 0) is 32.0 Å². The third-order valence-corrected chi connectivity index (χ3v) is 2.69. The highest BCUT2D eigenvalue weighted by Gasteiger charge is 2.03. The van der Waals surface area contributed by atoms with Gasteiger partial charge in [-0.3, -0.25) is 0 Å². The van der Waals surface area contributed by atoms with E-state index in [9.17, 15) is 5.11 Å². The van der Waals surface area contributed by atoms with Gasteiger partial charge in [-0.2, -0.15) is 4.58 Å². The lowest BCUT2D eigenvalue weighted by molar-refractivity contribution is 0.449. The summed E-state index contributed by atoms with van der Waals surface area (Å²) < 4.78 is 7.88. The lowest BCUT2D eigenvalue weighted by Crippen LogP contribution is -2.29. The van der Waals surface area contributed by atoms with Crippen LogP contribution in [0.2, 0.25) is 0 Å². The summed E-state index contributed by atoms with van der Waals surface area (Å²) in [6.45, 7) is 5.99. The number of benzene rings is 1. The van der Waals surface area contributed by atoms with E-state index in [0.29, 0.717) is 5.58 Å². The second kappa shape index (κ2) is 4.39. The maximum Gasteiger partial charge on any atom is 0.367 e. The number of aromatic hydroxyl groups is 1. The highest BCUT2D eigenvalue weighted by Crippen LogP contribution is 2.17. The molecule has 1 N–H and O–H groups in total. The van der Waals surface area contributed by atoms with Crippen molar-refractivity contribution < 1.29 is 9.52 Å². The van der Waals surface area contributed by atoms with Crippen LogP contribution in [-0.4, -0.2) is 18.2 Å². The van der Waals surface area contributed by atoms with E-state index in [0.717, 1.165) is 24.0 Å². The molecule has 2 rings (SSSR count). The zero-order valence-corrected chi connectivity index (χ0v) is 9.60. The number of rotatable bonds is 2. The van der Waals surface area contributed by atoms with Crippen molar-refractivity contribution in [3.05, 3.63) is 35.9 Å². The first-order valence-electron chi connectivity index (χ1n) is 5.55. The van der Waals surface area contributed by atoms with Gasteiger partial charge in [0.05, 0.1) is 6.07 Å². The highest BCUT2D eigenvalue weighted by atomic mass is 16.3.